The first-order chi connectivity index (χ1) is 34.7. The number of rotatable bonds is 8. The summed E-state index contributed by atoms with van der Waals surface area (Å²) in [6, 6.07) is 79.6. The first-order valence-corrected chi connectivity index (χ1v) is 25.4. The molecule has 0 bridgehead atoms. The van der Waals surface area contributed by atoms with Gasteiger partial charge in [0.15, 0.2) is 19.7 Å². The Morgan fingerprint density at radius 1 is 0.357 bits per heavy atom. The Bertz CT molecular complexity index is 4200. The smallest absolute Gasteiger partial charge is 0.238 e. The second-order valence-corrected chi connectivity index (χ2v) is 21.5. The Labute approximate surface area is 402 Å². The van der Waals surface area contributed by atoms with Crippen molar-refractivity contribution in [3.05, 3.63) is 237 Å². The van der Waals surface area contributed by atoms with Crippen molar-refractivity contribution in [2.75, 3.05) is 0 Å². The first-order valence-electron chi connectivity index (χ1n) is 23.4. The molecule has 7 nitrogen and oxygen atoms in total. The summed E-state index contributed by atoms with van der Waals surface area (Å²) in [5.74, 6) is 1.58. The van der Waals surface area contributed by atoms with E-state index in [-0.39, 0.29) is 0 Å². The van der Waals surface area contributed by atoms with Crippen LogP contribution in [0.1, 0.15) is 0 Å². The van der Waals surface area contributed by atoms with Crippen LogP contribution in [0.2, 0.25) is 0 Å². The van der Waals surface area contributed by atoms with E-state index in [0.717, 1.165) is 87.9 Å². The number of hydrogen-bond donors (Lipinski definition) is 0. The van der Waals surface area contributed by atoms with Gasteiger partial charge in [-0.15, -0.1) is 0 Å². The molecular formula is C62H39N5O2Si. The number of fused-ring (bicyclic) bond motifs is 9. The second kappa shape index (κ2) is 15.9. The Morgan fingerprint density at radius 2 is 0.886 bits per heavy atom. The van der Waals surface area contributed by atoms with E-state index in [1.807, 2.05) is 42.6 Å². The molecule has 0 saturated carbocycles. The fraction of sp³-hybridized carbons (Fsp3) is 0. The molecule has 0 aliphatic rings. The molecule has 8 heteroatoms. The zero-order valence-electron chi connectivity index (χ0n) is 37.6. The SMILES string of the molecule is c1ccc([Si](c2ccccc2)(c2ccccc2)c2ccc(-c3nc(-c4cccc5oc6ccncc6c45)nc(-n4c5ccccc5c5ccc(-c6cccc7oc8ccccc8c67)cc54)n3)cc2)cc1. The fourth-order valence-corrected chi connectivity index (χ4v) is 15.6. The molecule has 0 saturated heterocycles. The van der Waals surface area contributed by atoms with Crippen LogP contribution < -0.4 is 20.7 Å². The first kappa shape index (κ1) is 39.9. The largest absolute Gasteiger partial charge is 0.456 e. The monoisotopic (exact) mass is 913 g/mol. The zero-order chi connectivity index (χ0) is 46.2. The van der Waals surface area contributed by atoms with Gasteiger partial charge in [0.05, 0.1) is 11.0 Å². The van der Waals surface area contributed by atoms with Crippen molar-refractivity contribution in [3.63, 3.8) is 0 Å². The van der Waals surface area contributed by atoms with Crippen molar-refractivity contribution in [1.29, 1.82) is 0 Å². The molecule has 0 amide bonds. The standard InChI is InChI=1S/C62H39N5O2Si/c1-4-16-42(17-5-1)70(43-18-6-2-7-19-43,44-20-8-3-9-21-44)45-33-30-40(31-34-45)60-64-61(50-25-15-29-57-59(50)51-39-63-37-36-55(51)69-57)66-62(65-60)67-52-26-12-10-22-47(52)48-35-32-41(38-53(48)67)46-24-14-28-56-58(46)49-23-11-13-27-54(49)68-56/h1-39H. The van der Waals surface area contributed by atoms with Crippen LogP contribution in [0.4, 0.5) is 0 Å². The van der Waals surface area contributed by atoms with Crippen LogP contribution in [-0.4, -0.2) is 32.6 Å². The Kier molecular flexibility index (Phi) is 9.08. The topological polar surface area (TPSA) is 82.8 Å². The van der Waals surface area contributed by atoms with Gasteiger partial charge in [-0.25, -0.2) is 4.98 Å². The molecule has 5 aromatic heterocycles. The van der Waals surface area contributed by atoms with Gasteiger partial charge in [-0.1, -0.05) is 188 Å². The lowest BCUT2D eigenvalue weighted by Gasteiger charge is -2.34. The third kappa shape index (κ3) is 6.13. The summed E-state index contributed by atoms with van der Waals surface area (Å²) >= 11 is 0. The van der Waals surface area contributed by atoms with Gasteiger partial charge in [0.1, 0.15) is 22.3 Å². The van der Waals surface area contributed by atoms with E-state index in [1.165, 1.54) is 20.7 Å². The van der Waals surface area contributed by atoms with Crippen molar-refractivity contribution >= 4 is 94.5 Å². The van der Waals surface area contributed by atoms with Gasteiger partial charge >= 0.3 is 0 Å². The Morgan fingerprint density at radius 3 is 1.59 bits per heavy atom. The molecule has 14 rings (SSSR count). The van der Waals surface area contributed by atoms with Crippen molar-refractivity contribution < 1.29 is 8.83 Å². The van der Waals surface area contributed by atoms with E-state index in [2.05, 4.69) is 198 Å². The molecule has 0 spiro atoms. The minimum Gasteiger partial charge on any atom is -0.456 e. The van der Waals surface area contributed by atoms with Crippen molar-refractivity contribution in [2.45, 2.75) is 0 Å². The highest BCUT2D eigenvalue weighted by atomic mass is 28.3. The molecule has 0 unspecified atom stereocenters. The highest BCUT2D eigenvalue weighted by Gasteiger charge is 2.41. The normalized spacial score (nSPS) is 12.0. The minimum absolute atomic E-state index is 0.504. The van der Waals surface area contributed by atoms with Crippen LogP contribution >= 0.6 is 0 Å². The van der Waals surface area contributed by atoms with E-state index < -0.39 is 8.07 Å². The molecule has 14 aromatic rings. The summed E-state index contributed by atoms with van der Waals surface area (Å²) in [5.41, 5.74) is 9.01. The van der Waals surface area contributed by atoms with Crippen LogP contribution in [0.5, 0.6) is 0 Å². The van der Waals surface area contributed by atoms with E-state index in [1.54, 1.807) is 6.20 Å². The molecular weight excluding hydrogens is 875 g/mol. The summed E-state index contributed by atoms with van der Waals surface area (Å²) in [6.07, 6.45) is 3.61. The highest BCUT2D eigenvalue weighted by molar-refractivity contribution is 7.19. The number of nitrogens with zero attached hydrogens (tertiary/aromatic N) is 5. The molecule has 0 radical (unpaired) electrons. The van der Waals surface area contributed by atoms with Gasteiger partial charge in [-0.2, -0.15) is 9.97 Å². The van der Waals surface area contributed by atoms with E-state index in [4.69, 9.17) is 23.8 Å². The summed E-state index contributed by atoms with van der Waals surface area (Å²) in [4.78, 5) is 20.8. The van der Waals surface area contributed by atoms with Gasteiger partial charge in [-0.3, -0.25) is 9.55 Å². The Hall–Kier alpha value is -9.24. The summed E-state index contributed by atoms with van der Waals surface area (Å²) in [7, 11) is -2.79. The summed E-state index contributed by atoms with van der Waals surface area (Å²) in [6.45, 7) is 0. The molecule has 0 aliphatic carbocycles. The van der Waals surface area contributed by atoms with Gasteiger partial charge in [0.2, 0.25) is 5.95 Å². The number of pyridine rings is 1. The molecule has 328 valence electrons. The lowest BCUT2D eigenvalue weighted by atomic mass is 9.98. The van der Waals surface area contributed by atoms with Crippen LogP contribution in [-0.2, 0) is 0 Å². The molecule has 70 heavy (non-hydrogen) atoms. The summed E-state index contributed by atoms with van der Waals surface area (Å²) < 4.78 is 14.9. The van der Waals surface area contributed by atoms with Crippen LogP contribution in [0, 0.1) is 0 Å². The lowest BCUT2D eigenvalue weighted by molar-refractivity contribution is 0.668. The maximum atomic E-state index is 6.39. The number of para-hydroxylation sites is 2. The molecule has 0 atom stereocenters. The fourth-order valence-electron chi connectivity index (χ4n) is 10.9. The minimum atomic E-state index is -2.79. The maximum absolute atomic E-state index is 6.39. The number of hydrogen-bond acceptors (Lipinski definition) is 6. The quantitative estimate of drug-likeness (QED) is 0.112. The van der Waals surface area contributed by atoms with Crippen LogP contribution in [0.25, 0.3) is 106 Å². The van der Waals surface area contributed by atoms with Gasteiger partial charge < -0.3 is 8.83 Å². The average molecular weight is 914 g/mol. The van der Waals surface area contributed by atoms with Gasteiger partial charge in [0.25, 0.3) is 0 Å². The highest BCUT2D eigenvalue weighted by Crippen LogP contribution is 2.41. The van der Waals surface area contributed by atoms with Crippen molar-refractivity contribution in [1.82, 2.24) is 24.5 Å². The number of furan rings is 2. The Balaban J connectivity index is 1.01. The zero-order valence-corrected chi connectivity index (χ0v) is 38.6. The third-order valence-electron chi connectivity index (χ3n) is 13.9. The number of aromatic nitrogens is 5. The van der Waals surface area contributed by atoms with E-state index in [9.17, 15) is 0 Å². The van der Waals surface area contributed by atoms with Crippen LogP contribution in [0.3, 0.4) is 0 Å². The molecule has 5 heterocycles. The number of benzene rings is 9. The van der Waals surface area contributed by atoms with Gasteiger partial charge in [-0.05, 0) is 68.3 Å². The predicted octanol–water partition coefficient (Wildman–Crippen LogP) is 12.5. The lowest BCUT2D eigenvalue weighted by Crippen LogP contribution is -2.74. The van der Waals surface area contributed by atoms with Crippen molar-refractivity contribution in [3.8, 4) is 39.9 Å². The third-order valence-corrected chi connectivity index (χ3v) is 18.7. The molecule has 0 aliphatic heterocycles. The molecule has 0 N–H and O–H groups in total. The van der Waals surface area contributed by atoms with Crippen molar-refractivity contribution in [2.24, 2.45) is 0 Å². The molecule has 9 aromatic carbocycles. The second-order valence-electron chi connectivity index (χ2n) is 17.7. The molecule has 0 fully saturated rings. The average Bonchev–Trinajstić information content (AvgIpc) is 4.12. The van der Waals surface area contributed by atoms with Crippen LogP contribution in [0.15, 0.2) is 246 Å². The predicted molar refractivity (Wildman–Crippen MR) is 286 cm³/mol. The van der Waals surface area contributed by atoms with E-state index >= 15 is 0 Å². The maximum Gasteiger partial charge on any atom is 0.238 e. The summed E-state index contributed by atoms with van der Waals surface area (Å²) in [5, 5.41) is 11.3. The van der Waals surface area contributed by atoms with Gasteiger partial charge in [0, 0.05) is 55.8 Å². The van der Waals surface area contributed by atoms with E-state index in [0.29, 0.717) is 17.6 Å².